The summed E-state index contributed by atoms with van der Waals surface area (Å²) in [4.78, 5) is 14.3. The van der Waals surface area contributed by atoms with Crippen LogP contribution in [0.1, 0.15) is 26.7 Å². The van der Waals surface area contributed by atoms with Crippen molar-refractivity contribution in [3.63, 3.8) is 0 Å². The third-order valence-electron chi connectivity index (χ3n) is 0.886. The zero-order valence-corrected chi connectivity index (χ0v) is 7.17. The van der Waals surface area contributed by atoms with Gasteiger partial charge in [0.2, 0.25) is 0 Å². The van der Waals surface area contributed by atoms with Crippen LogP contribution in [0.25, 0.3) is 0 Å². The van der Waals surface area contributed by atoms with Gasteiger partial charge in [-0.05, 0) is 12.8 Å². The molecule has 3 nitrogen and oxygen atoms in total. The van der Waals surface area contributed by atoms with Crippen molar-refractivity contribution >= 4 is 8.25 Å². The normalized spacial score (nSPS) is 9.50. The first kappa shape index (κ1) is 12.7. The van der Waals surface area contributed by atoms with Gasteiger partial charge in [0.05, 0.1) is 6.17 Å². The van der Waals surface area contributed by atoms with Crippen LogP contribution < -0.4 is 0 Å². The number of hydrogen-bond acceptors (Lipinski definition) is 1. The lowest BCUT2D eigenvalue weighted by molar-refractivity contribution is 0.316. The van der Waals surface area contributed by atoms with Crippen LogP contribution in [0.4, 0.5) is 4.39 Å². The van der Waals surface area contributed by atoms with Gasteiger partial charge in [-0.15, -0.1) is 0 Å². The van der Waals surface area contributed by atoms with Crippen LogP contribution in [0, 0.1) is 0 Å². The molecule has 0 amide bonds. The minimum atomic E-state index is -3.13. The van der Waals surface area contributed by atoms with Crippen LogP contribution in [0.15, 0.2) is 0 Å². The van der Waals surface area contributed by atoms with Crippen molar-refractivity contribution in [2.45, 2.75) is 32.9 Å². The van der Waals surface area contributed by atoms with E-state index < -0.39 is 14.4 Å². The van der Waals surface area contributed by atoms with Gasteiger partial charge in [-0.3, -0.25) is 4.57 Å². The molecule has 64 valence electrons. The van der Waals surface area contributed by atoms with Crippen LogP contribution in [-0.2, 0) is 4.57 Å². The van der Waals surface area contributed by atoms with Crippen molar-refractivity contribution in [1.29, 1.82) is 0 Å². The first-order valence-electron chi connectivity index (χ1n) is 3.10. The Morgan fingerprint density at radius 1 is 1.40 bits per heavy atom. The Hall–Kier alpha value is 0.0800. The van der Waals surface area contributed by atoms with Gasteiger partial charge in [-0.25, -0.2) is 4.39 Å². The van der Waals surface area contributed by atoms with E-state index in [4.69, 9.17) is 14.4 Å². The Morgan fingerprint density at radius 2 is 1.60 bits per heavy atom. The molecule has 0 aliphatic heterocycles. The molecule has 0 spiro atoms. The van der Waals surface area contributed by atoms with E-state index in [1.54, 1.807) is 0 Å². The lowest BCUT2D eigenvalue weighted by Crippen LogP contribution is -1.91. The Balaban J connectivity index is 0. The molecule has 0 saturated carbocycles. The van der Waals surface area contributed by atoms with Crippen LogP contribution in [0.3, 0.4) is 0 Å². The number of alkyl halides is 1. The molecular weight excluding hydrogens is 158 g/mol. The van der Waals surface area contributed by atoms with Gasteiger partial charge in [0, 0.05) is 0 Å². The summed E-state index contributed by atoms with van der Waals surface area (Å²) in [5, 5.41) is 0. The molecule has 0 heterocycles. The lowest BCUT2D eigenvalue weighted by Gasteiger charge is -1.94. The number of halogens is 1. The molecule has 0 aliphatic rings. The second-order valence-corrected chi connectivity index (χ2v) is 2.26. The van der Waals surface area contributed by atoms with Crippen molar-refractivity contribution in [1.82, 2.24) is 0 Å². The monoisotopic (exact) mass is 172 g/mol. The van der Waals surface area contributed by atoms with Crippen LogP contribution in [-0.4, -0.2) is 16.0 Å². The van der Waals surface area contributed by atoms with Gasteiger partial charge < -0.3 is 9.79 Å². The van der Waals surface area contributed by atoms with Crippen molar-refractivity contribution in [2.24, 2.45) is 0 Å². The number of hydrogen-bond donors (Lipinski definition) is 2. The highest BCUT2D eigenvalue weighted by molar-refractivity contribution is 7.30. The Bertz CT molecular complexity index is 81.0. The lowest BCUT2D eigenvalue weighted by atomic mass is 10.2. The van der Waals surface area contributed by atoms with Crippen molar-refractivity contribution in [3.8, 4) is 0 Å². The molecule has 0 fully saturated rings. The quantitative estimate of drug-likeness (QED) is 0.620. The van der Waals surface area contributed by atoms with E-state index in [9.17, 15) is 4.39 Å². The van der Waals surface area contributed by atoms with E-state index in [0.717, 1.165) is 0 Å². The SMILES string of the molecule is CCC(F)CC.O=[PH](O)O. The first-order valence-corrected chi connectivity index (χ1v) is 4.40. The maximum Gasteiger partial charge on any atom is 0.314 e. The van der Waals surface area contributed by atoms with Gasteiger partial charge in [0.15, 0.2) is 0 Å². The molecule has 5 heteroatoms. The second kappa shape index (κ2) is 9.08. The van der Waals surface area contributed by atoms with E-state index in [2.05, 4.69) is 0 Å². The van der Waals surface area contributed by atoms with E-state index in [-0.39, 0.29) is 0 Å². The molecule has 2 N–H and O–H groups in total. The van der Waals surface area contributed by atoms with E-state index >= 15 is 0 Å². The molecule has 0 aromatic carbocycles. The zero-order chi connectivity index (χ0) is 8.57. The fraction of sp³-hybridized carbons (Fsp3) is 1.00. The highest BCUT2D eigenvalue weighted by Crippen LogP contribution is 1.99. The van der Waals surface area contributed by atoms with E-state index in [1.165, 1.54) is 0 Å². The standard InChI is InChI=1S/C5H11F.H3O3P/c1-3-5(6)4-2;1-4(2)3/h5H,3-4H2,1-2H3;4H,(H2,1,2,3). The largest absolute Gasteiger partial charge is 0.326 e. The second-order valence-electron chi connectivity index (χ2n) is 1.70. The summed E-state index contributed by atoms with van der Waals surface area (Å²) in [7, 11) is -3.13. The van der Waals surface area contributed by atoms with Gasteiger partial charge in [0.25, 0.3) is 0 Å². The summed E-state index contributed by atoms with van der Waals surface area (Å²) in [5.74, 6) is 0. The molecule has 0 aromatic heterocycles. The molecule has 0 bridgehead atoms. The summed E-state index contributed by atoms with van der Waals surface area (Å²) in [6.07, 6.45) is 0.762. The Labute approximate surface area is 60.8 Å². The molecular formula is C5H14FO3P. The predicted octanol–water partition coefficient (Wildman–Crippen LogP) is 1.51. The number of rotatable bonds is 2. The smallest absolute Gasteiger partial charge is 0.314 e. The molecule has 0 aliphatic carbocycles. The predicted molar refractivity (Wildman–Crippen MR) is 38.9 cm³/mol. The maximum absolute atomic E-state index is 11.9. The van der Waals surface area contributed by atoms with E-state index in [1.807, 2.05) is 13.8 Å². The van der Waals surface area contributed by atoms with Crippen molar-refractivity contribution in [2.75, 3.05) is 0 Å². The van der Waals surface area contributed by atoms with Gasteiger partial charge in [-0.1, -0.05) is 13.8 Å². The Morgan fingerprint density at radius 3 is 1.60 bits per heavy atom. The minimum absolute atomic E-state index is 0.565. The van der Waals surface area contributed by atoms with Gasteiger partial charge in [-0.2, -0.15) is 0 Å². The van der Waals surface area contributed by atoms with E-state index in [0.29, 0.717) is 12.8 Å². The highest BCUT2D eigenvalue weighted by Gasteiger charge is 1.93. The van der Waals surface area contributed by atoms with Crippen LogP contribution >= 0.6 is 8.25 Å². The summed E-state index contributed by atoms with van der Waals surface area (Å²) < 4.78 is 20.6. The third-order valence-corrected chi connectivity index (χ3v) is 0.886. The molecule has 0 saturated heterocycles. The minimum Gasteiger partial charge on any atom is -0.326 e. The zero-order valence-electron chi connectivity index (χ0n) is 6.17. The van der Waals surface area contributed by atoms with Crippen LogP contribution in [0.2, 0.25) is 0 Å². The van der Waals surface area contributed by atoms with Crippen molar-refractivity contribution in [3.05, 3.63) is 0 Å². The molecule has 0 aromatic rings. The summed E-state index contributed by atoms with van der Waals surface area (Å²) in [6, 6.07) is 0. The molecule has 0 rings (SSSR count). The topological polar surface area (TPSA) is 57.5 Å². The van der Waals surface area contributed by atoms with Gasteiger partial charge >= 0.3 is 8.25 Å². The highest BCUT2D eigenvalue weighted by atomic mass is 31.1. The Kier molecular flexibility index (Phi) is 11.6. The third kappa shape index (κ3) is 24.3. The summed E-state index contributed by atoms with van der Waals surface area (Å²) in [6.45, 7) is 3.71. The molecule has 0 unspecified atom stereocenters. The fourth-order valence-electron chi connectivity index (χ4n) is 0.289. The average molecular weight is 172 g/mol. The van der Waals surface area contributed by atoms with Crippen LogP contribution in [0.5, 0.6) is 0 Å². The molecule has 0 radical (unpaired) electrons. The van der Waals surface area contributed by atoms with Gasteiger partial charge in [0.1, 0.15) is 0 Å². The fourth-order valence-corrected chi connectivity index (χ4v) is 0.289. The maximum atomic E-state index is 11.9. The molecule has 10 heavy (non-hydrogen) atoms. The van der Waals surface area contributed by atoms with Crippen molar-refractivity contribution < 1.29 is 18.7 Å². The molecule has 0 atom stereocenters. The average Bonchev–Trinajstić information content (AvgIpc) is 1.85. The first-order chi connectivity index (χ1) is 4.54. The summed E-state index contributed by atoms with van der Waals surface area (Å²) in [5.41, 5.74) is 0. The summed E-state index contributed by atoms with van der Waals surface area (Å²) >= 11 is 0.